The monoisotopic (exact) mass is 323 g/mol. The van der Waals surface area contributed by atoms with E-state index in [9.17, 15) is 18.3 Å². The second-order valence-corrected chi connectivity index (χ2v) is 5.58. The molecule has 0 bridgehead atoms. The fourth-order valence-corrected chi connectivity index (χ4v) is 3.02. The molecule has 0 amide bonds. The van der Waals surface area contributed by atoms with E-state index in [2.05, 4.69) is 9.97 Å². The molecule has 0 unspecified atom stereocenters. The molecule has 2 aromatic rings. The van der Waals surface area contributed by atoms with Crippen LogP contribution in [0.15, 0.2) is 42.7 Å². The fourth-order valence-electron chi connectivity index (χ4n) is 3.02. The van der Waals surface area contributed by atoms with Gasteiger partial charge < -0.3 is 5.11 Å². The number of rotatable bonds is 3. The van der Waals surface area contributed by atoms with Crippen molar-refractivity contribution in [1.82, 2.24) is 14.9 Å². The van der Waals surface area contributed by atoms with E-state index >= 15 is 0 Å². The third-order valence-electron chi connectivity index (χ3n) is 3.97. The van der Waals surface area contributed by atoms with Crippen LogP contribution in [-0.4, -0.2) is 32.6 Å². The van der Waals surface area contributed by atoms with E-state index in [1.54, 1.807) is 29.4 Å². The molecule has 1 aliphatic rings. The molecular formula is C16H16F3N3O. The number of halogens is 3. The second-order valence-electron chi connectivity index (χ2n) is 5.58. The Kier molecular flexibility index (Phi) is 4.32. The molecule has 0 saturated carbocycles. The summed E-state index contributed by atoms with van der Waals surface area (Å²) in [6.45, 7) is 0.601. The van der Waals surface area contributed by atoms with Crippen molar-refractivity contribution in [2.75, 3.05) is 6.54 Å². The molecule has 1 N–H and O–H groups in total. The normalized spacial score (nSPS) is 22.4. The Morgan fingerprint density at radius 1 is 1.13 bits per heavy atom. The Bertz CT molecular complexity index is 663. The van der Waals surface area contributed by atoms with Gasteiger partial charge in [0.05, 0.1) is 18.2 Å². The molecule has 0 aliphatic carbocycles. The van der Waals surface area contributed by atoms with Crippen molar-refractivity contribution in [2.45, 2.75) is 31.3 Å². The molecule has 2 heterocycles. The van der Waals surface area contributed by atoms with Gasteiger partial charge in [0.15, 0.2) is 0 Å². The van der Waals surface area contributed by atoms with Crippen LogP contribution < -0.4 is 0 Å². The van der Waals surface area contributed by atoms with Gasteiger partial charge in [0.25, 0.3) is 0 Å². The largest absolute Gasteiger partial charge is 0.416 e. The molecule has 0 spiro atoms. The first-order chi connectivity index (χ1) is 10.9. The van der Waals surface area contributed by atoms with Gasteiger partial charge in [-0.1, -0.05) is 18.2 Å². The number of likely N-dealkylation sites (tertiary alicyclic amines) is 1. The van der Waals surface area contributed by atoms with Gasteiger partial charge in [-0.25, -0.2) is 9.97 Å². The van der Waals surface area contributed by atoms with Crippen LogP contribution in [0.2, 0.25) is 0 Å². The predicted octanol–water partition coefficient (Wildman–Crippen LogP) is 2.80. The average molecular weight is 323 g/mol. The van der Waals surface area contributed by atoms with Gasteiger partial charge in [0.2, 0.25) is 0 Å². The lowest BCUT2D eigenvalue weighted by Gasteiger charge is -2.26. The standard InChI is InChI=1S/C16H16F3N3O/c17-16(18,19)13-5-2-1-4-12(13)14-8-11(23)9-22(14)10-15-20-6-3-7-21-15/h1-7,11,14,23H,8-10H2/t11-,14+/m0/s1. The lowest BCUT2D eigenvalue weighted by Crippen LogP contribution is -2.26. The van der Waals surface area contributed by atoms with Crippen molar-refractivity contribution < 1.29 is 18.3 Å². The number of aliphatic hydroxyl groups is 1. The number of alkyl halides is 3. The summed E-state index contributed by atoms with van der Waals surface area (Å²) in [6.07, 6.45) is -1.63. The van der Waals surface area contributed by atoms with E-state index < -0.39 is 23.9 Å². The van der Waals surface area contributed by atoms with Crippen molar-refractivity contribution in [3.05, 3.63) is 59.7 Å². The summed E-state index contributed by atoms with van der Waals surface area (Å²) in [5.41, 5.74) is -0.467. The highest BCUT2D eigenvalue weighted by Gasteiger charge is 2.39. The molecule has 2 atom stereocenters. The molecule has 3 rings (SSSR count). The van der Waals surface area contributed by atoms with Crippen LogP contribution in [0.5, 0.6) is 0 Å². The second kappa shape index (κ2) is 6.25. The number of aromatic nitrogens is 2. The van der Waals surface area contributed by atoms with Crippen molar-refractivity contribution in [3.63, 3.8) is 0 Å². The molecule has 1 saturated heterocycles. The van der Waals surface area contributed by atoms with Gasteiger partial charge in [-0.2, -0.15) is 13.2 Å². The number of hydrogen-bond donors (Lipinski definition) is 1. The smallest absolute Gasteiger partial charge is 0.392 e. The van der Waals surface area contributed by atoms with Crippen molar-refractivity contribution in [1.29, 1.82) is 0 Å². The lowest BCUT2D eigenvalue weighted by molar-refractivity contribution is -0.138. The summed E-state index contributed by atoms with van der Waals surface area (Å²) in [4.78, 5) is 10.0. The Balaban J connectivity index is 1.91. The highest BCUT2D eigenvalue weighted by atomic mass is 19.4. The zero-order valence-corrected chi connectivity index (χ0v) is 12.2. The highest BCUT2D eigenvalue weighted by molar-refractivity contribution is 5.33. The third-order valence-corrected chi connectivity index (χ3v) is 3.97. The molecule has 0 radical (unpaired) electrons. The van der Waals surface area contributed by atoms with Crippen LogP contribution in [0.25, 0.3) is 0 Å². The summed E-state index contributed by atoms with van der Waals surface area (Å²) < 4.78 is 39.7. The van der Waals surface area contributed by atoms with E-state index in [1.807, 2.05) is 0 Å². The zero-order chi connectivity index (χ0) is 16.4. The number of nitrogens with zero attached hydrogens (tertiary/aromatic N) is 3. The highest BCUT2D eigenvalue weighted by Crippen LogP contribution is 2.40. The molecule has 1 aliphatic heterocycles. The molecule has 4 nitrogen and oxygen atoms in total. The van der Waals surface area contributed by atoms with Gasteiger partial charge in [-0.15, -0.1) is 0 Å². The topological polar surface area (TPSA) is 49.2 Å². The molecule has 23 heavy (non-hydrogen) atoms. The number of β-amino-alcohol motifs (C(OH)–C–C–N with tert-alkyl or cyclic N) is 1. The quantitative estimate of drug-likeness (QED) is 0.944. The minimum atomic E-state index is -4.42. The molecular weight excluding hydrogens is 307 g/mol. The SMILES string of the molecule is O[C@H]1C[C@H](c2ccccc2C(F)(F)F)N(Cc2ncccn2)C1. The first-order valence-corrected chi connectivity index (χ1v) is 7.29. The first-order valence-electron chi connectivity index (χ1n) is 7.29. The summed E-state index contributed by atoms with van der Waals surface area (Å²) >= 11 is 0. The Hall–Kier alpha value is -1.99. The Labute approximate surface area is 131 Å². The van der Waals surface area contributed by atoms with Crippen LogP contribution in [-0.2, 0) is 12.7 Å². The Morgan fingerprint density at radius 3 is 2.52 bits per heavy atom. The minimum absolute atomic E-state index is 0.187. The molecule has 1 aromatic heterocycles. The fraction of sp³-hybridized carbons (Fsp3) is 0.375. The average Bonchev–Trinajstić information content (AvgIpc) is 2.88. The van der Waals surface area contributed by atoms with Gasteiger partial charge in [0, 0.05) is 25.0 Å². The molecule has 7 heteroatoms. The van der Waals surface area contributed by atoms with Crippen molar-refractivity contribution in [2.24, 2.45) is 0 Å². The van der Waals surface area contributed by atoms with Gasteiger partial charge in [-0.05, 0) is 24.1 Å². The number of aliphatic hydroxyl groups excluding tert-OH is 1. The predicted molar refractivity (Wildman–Crippen MR) is 77.3 cm³/mol. The van der Waals surface area contributed by atoms with E-state index in [0.717, 1.165) is 6.07 Å². The maximum absolute atomic E-state index is 13.2. The molecule has 122 valence electrons. The first kappa shape index (κ1) is 15.9. The zero-order valence-electron chi connectivity index (χ0n) is 12.2. The lowest BCUT2D eigenvalue weighted by atomic mass is 9.97. The van der Waals surface area contributed by atoms with Crippen molar-refractivity contribution in [3.8, 4) is 0 Å². The number of hydrogen-bond acceptors (Lipinski definition) is 4. The molecule has 1 fully saturated rings. The van der Waals surface area contributed by atoms with Crippen LogP contribution in [0.3, 0.4) is 0 Å². The summed E-state index contributed by atoms with van der Waals surface area (Å²) in [6, 6.07) is 6.70. The van der Waals surface area contributed by atoms with E-state index in [-0.39, 0.29) is 12.0 Å². The van der Waals surface area contributed by atoms with Crippen LogP contribution in [0, 0.1) is 0 Å². The van der Waals surface area contributed by atoms with E-state index in [0.29, 0.717) is 18.9 Å². The minimum Gasteiger partial charge on any atom is -0.392 e. The van der Waals surface area contributed by atoms with Gasteiger partial charge in [-0.3, -0.25) is 4.90 Å². The summed E-state index contributed by atoms with van der Waals surface area (Å²) in [5.74, 6) is 0.524. The Morgan fingerprint density at radius 2 is 1.83 bits per heavy atom. The van der Waals surface area contributed by atoms with E-state index in [4.69, 9.17) is 0 Å². The third kappa shape index (κ3) is 3.51. The number of benzene rings is 1. The summed E-state index contributed by atoms with van der Waals surface area (Å²) in [5, 5.41) is 9.94. The maximum Gasteiger partial charge on any atom is 0.416 e. The maximum atomic E-state index is 13.2. The van der Waals surface area contributed by atoms with Gasteiger partial charge >= 0.3 is 6.18 Å². The van der Waals surface area contributed by atoms with Crippen molar-refractivity contribution >= 4 is 0 Å². The molecule has 1 aromatic carbocycles. The van der Waals surface area contributed by atoms with E-state index in [1.165, 1.54) is 12.1 Å². The van der Waals surface area contributed by atoms with Gasteiger partial charge in [0.1, 0.15) is 5.82 Å². The van der Waals surface area contributed by atoms with Crippen LogP contribution in [0.1, 0.15) is 29.4 Å². The van der Waals surface area contributed by atoms with Crippen LogP contribution >= 0.6 is 0 Å². The van der Waals surface area contributed by atoms with Crippen LogP contribution in [0.4, 0.5) is 13.2 Å². The summed E-state index contributed by atoms with van der Waals surface area (Å²) in [7, 11) is 0.